The van der Waals surface area contributed by atoms with Gasteiger partial charge in [-0.15, -0.1) is 0 Å². The summed E-state index contributed by atoms with van der Waals surface area (Å²) in [7, 11) is -0.0362. The first-order valence-electron chi connectivity index (χ1n) is 6.88. The van der Waals surface area contributed by atoms with Crippen LogP contribution in [0.1, 0.15) is 0 Å². The molecule has 0 atom stereocenters. The van der Waals surface area contributed by atoms with Gasteiger partial charge in [-0.2, -0.15) is 0 Å². The summed E-state index contributed by atoms with van der Waals surface area (Å²) >= 11 is 0. The van der Waals surface area contributed by atoms with Crippen LogP contribution in [0.5, 0.6) is 0 Å². The number of nitrogens with two attached hydrogens (primary N) is 2. The zero-order chi connectivity index (χ0) is 15.5. The lowest BCUT2D eigenvalue weighted by molar-refractivity contribution is 0.603. The van der Waals surface area contributed by atoms with Crippen LogP contribution in [0.4, 0.5) is 11.4 Å². The summed E-state index contributed by atoms with van der Waals surface area (Å²) in [5.41, 5.74) is 17.0. The summed E-state index contributed by atoms with van der Waals surface area (Å²) in [6.45, 7) is 0. The number of hydrogen-bond acceptors (Lipinski definition) is 3. The molecule has 0 saturated heterocycles. The third kappa shape index (κ3) is 2.59. The van der Waals surface area contributed by atoms with Crippen LogP contribution in [0.3, 0.4) is 0 Å². The van der Waals surface area contributed by atoms with E-state index in [2.05, 4.69) is 0 Å². The van der Waals surface area contributed by atoms with Crippen LogP contribution in [-0.4, -0.2) is 0 Å². The number of rotatable bonds is 3. The molecule has 3 aromatic carbocycles. The van der Waals surface area contributed by atoms with Gasteiger partial charge in [0.2, 0.25) is 0 Å². The minimum absolute atomic E-state index is 0.0362. The van der Waals surface area contributed by atoms with E-state index in [0.29, 0.717) is 16.7 Å². The van der Waals surface area contributed by atoms with Crippen molar-refractivity contribution in [2.24, 2.45) is 0 Å². The molecule has 4 N–H and O–H groups in total. The third-order valence-corrected chi connectivity index (χ3v) is 4.15. The molecule has 0 spiro atoms. The summed E-state index contributed by atoms with van der Waals surface area (Å²) < 4.78 is 11.6. The Morgan fingerprint density at radius 3 is 1.95 bits per heavy atom. The Morgan fingerprint density at radius 1 is 0.682 bits per heavy atom. The van der Waals surface area contributed by atoms with Crippen molar-refractivity contribution in [3.8, 4) is 22.3 Å². The number of anilines is 2. The molecule has 0 saturated carbocycles. The average Bonchev–Trinajstić information content (AvgIpc) is 2.56. The second-order valence-corrected chi connectivity index (χ2v) is 5.67. The Hall–Kier alpha value is -2.64. The van der Waals surface area contributed by atoms with E-state index in [1.165, 1.54) is 0 Å². The molecule has 0 bridgehead atoms. The van der Waals surface area contributed by atoms with Crippen molar-refractivity contribution in [3.63, 3.8) is 0 Å². The molecule has 0 amide bonds. The van der Waals surface area contributed by atoms with Gasteiger partial charge in [-0.25, -0.2) is 0 Å². The van der Waals surface area contributed by atoms with Crippen LogP contribution in [0, 0.1) is 0 Å². The molecule has 3 rings (SSSR count). The summed E-state index contributed by atoms with van der Waals surface area (Å²) in [4.78, 5) is 0. The molecule has 22 heavy (non-hydrogen) atoms. The molecule has 0 aliphatic carbocycles. The fourth-order valence-electron chi connectivity index (χ4n) is 2.54. The summed E-state index contributed by atoms with van der Waals surface area (Å²) in [6.07, 6.45) is 0. The first-order chi connectivity index (χ1) is 10.7. The Morgan fingerprint density at radius 2 is 1.32 bits per heavy atom. The SMILES string of the molecule is Nc1ccc(-c2c(P=O)ccc(N)c2-c2ccccc2)cc1. The van der Waals surface area contributed by atoms with E-state index in [0.717, 1.165) is 22.3 Å². The van der Waals surface area contributed by atoms with Crippen molar-refractivity contribution in [1.29, 1.82) is 0 Å². The maximum Gasteiger partial charge on any atom is 0.192 e. The lowest BCUT2D eigenvalue weighted by Gasteiger charge is -2.15. The second kappa shape index (κ2) is 6.00. The zero-order valence-electron chi connectivity index (χ0n) is 11.9. The van der Waals surface area contributed by atoms with E-state index < -0.39 is 0 Å². The minimum Gasteiger partial charge on any atom is -0.399 e. The number of nitrogen functional groups attached to an aromatic ring is 2. The normalized spacial score (nSPS) is 10.7. The van der Waals surface area contributed by atoms with Gasteiger partial charge in [-0.1, -0.05) is 42.5 Å². The summed E-state index contributed by atoms with van der Waals surface area (Å²) in [5, 5.41) is 0.706. The molecular weight excluding hydrogens is 291 g/mol. The predicted octanol–water partition coefficient (Wildman–Crippen LogP) is 4.10. The van der Waals surface area contributed by atoms with E-state index in [4.69, 9.17) is 11.5 Å². The van der Waals surface area contributed by atoms with E-state index >= 15 is 0 Å². The van der Waals surface area contributed by atoms with E-state index in [1.54, 1.807) is 12.1 Å². The fraction of sp³-hybridized carbons (Fsp3) is 0. The monoisotopic (exact) mass is 306 g/mol. The molecule has 0 radical (unpaired) electrons. The average molecular weight is 306 g/mol. The lowest BCUT2D eigenvalue weighted by Crippen LogP contribution is -2.04. The Bertz CT molecular complexity index is 814. The zero-order valence-corrected chi connectivity index (χ0v) is 12.8. The molecule has 0 aliphatic heterocycles. The van der Waals surface area contributed by atoms with Gasteiger partial charge in [0.25, 0.3) is 0 Å². The number of hydrogen-bond donors (Lipinski definition) is 2. The van der Waals surface area contributed by atoms with Crippen LogP contribution in [0.2, 0.25) is 0 Å². The first kappa shape index (κ1) is 14.3. The fourth-order valence-corrected chi connectivity index (χ4v) is 3.01. The van der Waals surface area contributed by atoms with Crippen LogP contribution < -0.4 is 16.8 Å². The van der Waals surface area contributed by atoms with Gasteiger partial charge in [0.15, 0.2) is 8.46 Å². The highest BCUT2D eigenvalue weighted by atomic mass is 31.1. The Balaban J connectivity index is 2.33. The quantitative estimate of drug-likeness (QED) is 0.565. The molecule has 0 heterocycles. The van der Waals surface area contributed by atoms with Gasteiger partial charge in [-0.3, -0.25) is 4.57 Å². The number of benzene rings is 3. The maximum atomic E-state index is 11.6. The highest BCUT2D eigenvalue weighted by molar-refractivity contribution is 7.34. The van der Waals surface area contributed by atoms with Crippen molar-refractivity contribution >= 4 is 25.1 Å². The summed E-state index contributed by atoms with van der Waals surface area (Å²) in [6, 6.07) is 21.0. The topological polar surface area (TPSA) is 69.1 Å². The molecule has 3 aromatic rings. The smallest absolute Gasteiger partial charge is 0.192 e. The maximum absolute atomic E-state index is 11.6. The summed E-state index contributed by atoms with van der Waals surface area (Å²) in [5.74, 6) is 0. The van der Waals surface area contributed by atoms with Crippen molar-refractivity contribution < 1.29 is 4.57 Å². The standard InChI is InChI=1S/C18H15N2OP/c19-14-8-6-13(7-9-14)18-16(22-21)11-10-15(20)17(18)12-4-2-1-3-5-12/h1-11H,19-20H2. The Labute approximate surface area is 130 Å². The molecule has 0 fully saturated rings. The molecular formula is C18H15N2OP. The highest BCUT2D eigenvalue weighted by Gasteiger charge is 2.15. The molecule has 3 nitrogen and oxygen atoms in total. The predicted molar refractivity (Wildman–Crippen MR) is 93.4 cm³/mol. The van der Waals surface area contributed by atoms with Crippen molar-refractivity contribution in [2.45, 2.75) is 0 Å². The van der Waals surface area contributed by atoms with E-state index in [1.807, 2.05) is 54.6 Å². The molecule has 0 aliphatic rings. The molecule has 0 unspecified atom stereocenters. The van der Waals surface area contributed by atoms with Gasteiger partial charge >= 0.3 is 0 Å². The van der Waals surface area contributed by atoms with Crippen LogP contribution in [-0.2, 0) is 4.57 Å². The highest BCUT2D eigenvalue weighted by Crippen LogP contribution is 2.36. The van der Waals surface area contributed by atoms with Crippen LogP contribution in [0.15, 0.2) is 66.7 Å². The van der Waals surface area contributed by atoms with Crippen molar-refractivity contribution in [3.05, 3.63) is 66.7 Å². The molecule has 0 aromatic heterocycles. The molecule has 4 heteroatoms. The van der Waals surface area contributed by atoms with E-state index in [9.17, 15) is 4.57 Å². The minimum atomic E-state index is -0.0362. The first-order valence-corrected chi connectivity index (χ1v) is 7.69. The van der Waals surface area contributed by atoms with Gasteiger partial charge in [-0.05, 0) is 35.4 Å². The van der Waals surface area contributed by atoms with Crippen LogP contribution >= 0.6 is 8.46 Å². The molecule has 108 valence electrons. The van der Waals surface area contributed by atoms with Crippen molar-refractivity contribution in [2.75, 3.05) is 11.5 Å². The lowest BCUT2D eigenvalue weighted by atomic mass is 9.93. The second-order valence-electron chi connectivity index (χ2n) is 5.00. The van der Waals surface area contributed by atoms with Gasteiger partial charge in [0.05, 0.1) is 5.30 Å². The van der Waals surface area contributed by atoms with E-state index in [-0.39, 0.29) is 8.46 Å². The Kier molecular flexibility index (Phi) is 3.90. The third-order valence-electron chi connectivity index (χ3n) is 3.58. The van der Waals surface area contributed by atoms with Crippen LogP contribution in [0.25, 0.3) is 22.3 Å². The van der Waals surface area contributed by atoms with Gasteiger partial charge in [0, 0.05) is 22.5 Å². The largest absolute Gasteiger partial charge is 0.399 e. The van der Waals surface area contributed by atoms with Gasteiger partial charge in [0.1, 0.15) is 0 Å². The van der Waals surface area contributed by atoms with Gasteiger partial charge < -0.3 is 11.5 Å². The van der Waals surface area contributed by atoms with Crippen molar-refractivity contribution in [1.82, 2.24) is 0 Å².